The molecule has 2 aromatic rings. The first-order valence-corrected chi connectivity index (χ1v) is 9.87. The van der Waals surface area contributed by atoms with Gasteiger partial charge in [0, 0.05) is 51.8 Å². The summed E-state index contributed by atoms with van der Waals surface area (Å²) in [7, 11) is 3.50. The first-order chi connectivity index (χ1) is 13.2. The van der Waals surface area contributed by atoms with E-state index in [0.717, 1.165) is 45.8 Å². The van der Waals surface area contributed by atoms with E-state index in [4.69, 9.17) is 9.47 Å². The van der Waals surface area contributed by atoms with Crippen LogP contribution in [0.15, 0.2) is 48.5 Å². The number of anilines is 2. The van der Waals surface area contributed by atoms with Gasteiger partial charge in [-0.05, 0) is 55.7 Å². The Kier molecular flexibility index (Phi) is 9.16. The van der Waals surface area contributed by atoms with Crippen molar-refractivity contribution in [3.63, 3.8) is 0 Å². The molecule has 2 aromatic carbocycles. The topological polar surface area (TPSA) is 24.9 Å². The molecular formula is C23H34N2O2. The molecule has 4 heteroatoms. The summed E-state index contributed by atoms with van der Waals surface area (Å²) < 4.78 is 10.4. The largest absolute Gasteiger partial charge is 0.383 e. The third-order valence-electron chi connectivity index (χ3n) is 4.91. The lowest BCUT2D eigenvalue weighted by Gasteiger charge is -2.23. The molecule has 0 aliphatic rings. The Bertz CT molecular complexity index is 583. The summed E-state index contributed by atoms with van der Waals surface area (Å²) in [6.45, 7) is 9.68. The van der Waals surface area contributed by atoms with Gasteiger partial charge in [-0.3, -0.25) is 0 Å². The van der Waals surface area contributed by atoms with E-state index >= 15 is 0 Å². The summed E-state index contributed by atoms with van der Waals surface area (Å²) >= 11 is 0. The Labute approximate surface area is 164 Å². The predicted molar refractivity (Wildman–Crippen MR) is 115 cm³/mol. The average Bonchev–Trinajstić information content (AvgIpc) is 2.71. The highest BCUT2D eigenvalue weighted by molar-refractivity contribution is 5.50. The number of rotatable bonds is 12. The van der Waals surface area contributed by atoms with Crippen molar-refractivity contribution >= 4 is 11.4 Å². The maximum Gasteiger partial charge on any atom is 0.0637 e. The van der Waals surface area contributed by atoms with Crippen LogP contribution < -0.4 is 9.80 Å². The minimum Gasteiger partial charge on any atom is -0.383 e. The summed E-state index contributed by atoms with van der Waals surface area (Å²) in [4.78, 5) is 4.67. The van der Waals surface area contributed by atoms with Gasteiger partial charge in [-0.1, -0.05) is 24.3 Å². The summed E-state index contributed by atoms with van der Waals surface area (Å²) in [6, 6.07) is 17.8. The first-order valence-electron chi connectivity index (χ1n) is 9.87. The Hall–Kier alpha value is -2.04. The number of methoxy groups -OCH3 is 2. The van der Waals surface area contributed by atoms with Gasteiger partial charge >= 0.3 is 0 Å². The van der Waals surface area contributed by atoms with Crippen molar-refractivity contribution in [1.82, 2.24) is 0 Å². The lowest BCUT2D eigenvalue weighted by atomic mass is 10.0. The number of hydrogen-bond acceptors (Lipinski definition) is 4. The summed E-state index contributed by atoms with van der Waals surface area (Å²) in [5, 5.41) is 0. The SMILES string of the molecule is CCN(CCOC)c1ccc(Cc2ccc(N(CC)CCOC)cc2)cc1. The standard InChI is InChI=1S/C23H34N2O2/c1-5-24(15-17-26-3)22-11-7-20(8-12-22)19-21-9-13-23(14-10-21)25(6-2)16-18-27-4/h7-14H,5-6,15-19H2,1-4H3. The van der Waals surface area contributed by atoms with Crippen LogP contribution in [0.3, 0.4) is 0 Å². The van der Waals surface area contributed by atoms with Crippen LogP contribution in [0.2, 0.25) is 0 Å². The number of hydrogen-bond donors (Lipinski definition) is 0. The molecule has 0 N–H and O–H groups in total. The van der Waals surface area contributed by atoms with E-state index in [1.165, 1.54) is 22.5 Å². The van der Waals surface area contributed by atoms with Crippen molar-refractivity contribution in [2.24, 2.45) is 0 Å². The third-order valence-corrected chi connectivity index (χ3v) is 4.91. The van der Waals surface area contributed by atoms with E-state index in [0.29, 0.717) is 0 Å². The van der Waals surface area contributed by atoms with E-state index in [1.54, 1.807) is 14.2 Å². The van der Waals surface area contributed by atoms with E-state index in [1.807, 2.05) is 0 Å². The summed E-state index contributed by atoms with van der Waals surface area (Å²) in [6.07, 6.45) is 0.953. The van der Waals surface area contributed by atoms with Crippen molar-refractivity contribution in [3.05, 3.63) is 59.7 Å². The summed E-state index contributed by atoms with van der Waals surface area (Å²) in [5.41, 5.74) is 5.18. The van der Waals surface area contributed by atoms with Gasteiger partial charge in [-0.15, -0.1) is 0 Å². The third kappa shape index (κ3) is 6.56. The number of ether oxygens (including phenoxy) is 2. The zero-order valence-corrected chi connectivity index (χ0v) is 17.3. The molecule has 0 bridgehead atoms. The fraction of sp³-hybridized carbons (Fsp3) is 0.478. The van der Waals surface area contributed by atoms with E-state index < -0.39 is 0 Å². The highest BCUT2D eigenvalue weighted by Gasteiger charge is 2.06. The molecule has 0 aromatic heterocycles. The number of likely N-dealkylation sites (N-methyl/N-ethyl adjacent to an activating group) is 2. The monoisotopic (exact) mass is 370 g/mol. The fourth-order valence-corrected chi connectivity index (χ4v) is 3.23. The van der Waals surface area contributed by atoms with Crippen molar-refractivity contribution in [2.45, 2.75) is 20.3 Å². The normalized spacial score (nSPS) is 10.8. The Balaban J connectivity index is 1.98. The van der Waals surface area contributed by atoms with E-state index in [-0.39, 0.29) is 0 Å². The summed E-state index contributed by atoms with van der Waals surface area (Å²) in [5.74, 6) is 0. The second-order valence-corrected chi connectivity index (χ2v) is 6.65. The van der Waals surface area contributed by atoms with Crippen molar-refractivity contribution in [3.8, 4) is 0 Å². The molecular weight excluding hydrogens is 336 g/mol. The van der Waals surface area contributed by atoms with Crippen LogP contribution in [0.1, 0.15) is 25.0 Å². The van der Waals surface area contributed by atoms with Crippen LogP contribution in [0, 0.1) is 0 Å². The van der Waals surface area contributed by atoms with Crippen LogP contribution in [-0.2, 0) is 15.9 Å². The molecule has 0 aliphatic carbocycles. The minimum absolute atomic E-state index is 0.751. The molecule has 148 valence electrons. The molecule has 27 heavy (non-hydrogen) atoms. The van der Waals surface area contributed by atoms with Crippen LogP contribution in [0.4, 0.5) is 11.4 Å². The second-order valence-electron chi connectivity index (χ2n) is 6.65. The van der Waals surface area contributed by atoms with Gasteiger partial charge < -0.3 is 19.3 Å². The highest BCUT2D eigenvalue weighted by Crippen LogP contribution is 2.20. The number of benzene rings is 2. The van der Waals surface area contributed by atoms with E-state index in [2.05, 4.69) is 72.2 Å². The van der Waals surface area contributed by atoms with Gasteiger partial charge in [-0.2, -0.15) is 0 Å². The smallest absolute Gasteiger partial charge is 0.0637 e. The van der Waals surface area contributed by atoms with Crippen molar-refractivity contribution in [1.29, 1.82) is 0 Å². The first kappa shape index (κ1) is 21.3. The van der Waals surface area contributed by atoms with Crippen LogP contribution in [0.5, 0.6) is 0 Å². The van der Waals surface area contributed by atoms with Crippen molar-refractivity contribution in [2.75, 3.05) is 63.4 Å². The molecule has 2 rings (SSSR count). The maximum absolute atomic E-state index is 5.20. The zero-order chi connectivity index (χ0) is 19.5. The van der Waals surface area contributed by atoms with Crippen LogP contribution in [-0.4, -0.2) is 53.6 Å². The molecule has 0 spiro atoms. The molecule has 0 saturated heterocycles. The van der Waals surface area contributed by atoms with Gasteiger partial charge in [0.25, 0.3) is 0 Å². The van der Waals surface area contributed by atoms with Crippen LogP contribution in [0.25, 0.3) is 0 Å². The molecule has 4 nitrogen and oxygen atoms in total. The Morgan fingerprint density at radius 1 is 0.630 bits per heavy atom. The molecule has 0 heterocycles. The molecule has 0 atom stereocenters. The molecule has 0 radical (unpaired) electrons. The van der Waals surface area contributed by atoms with Crippen molar-refractivity contribution < 1.29 is 9.47 Å². The second kappa shape index (κ2) is 11.6. The van der Waals surface area contributed by atoms with Gasteiger partial charge in [-0.25, -0.2) is 0 Å². The Morgan fingerprint density at radius 3 is 1.30 bits per heavy atom. The highest BCUT2D eigenvalue weighted by atomic mass is 16.5. The predicted octanol–water partition coefficient (Wildman–Crippen LogP) is 4.22. The van der Waals surface area contributed by atoms with Gasteiger partial charge in [0.2, 0.25) is 0 Å². The molecule has 0 fully saturated rings. The molecule has 0 saturated carbocycles. The van der Waals surface area contributed by atoms with E-state index in [9.17, 15) is 0 Å². The molecule has 0 aliphatic heterocycles. The van der Waals surface area contributed by atoms with Gasteiger partial charge in [0.1, 0.15) is 0 Å². The lowest BCUT2D eigenvalue weighted by Crippen LogP contribution is -2.26. The van der Waals surface area contributed by atoms with Gasteiger partial charge in [0.05, 0.1) is 13.2 Å². The maximum atomic E-state index is 5.20. The number of nitrogens with zero attached hydrogens (tertiary/aromatic N) is 2. The fourth-order valence-electron chi connectivity index (χ4n) is 3.23. The molecule has 0 unspecified atom stereocenters. The quantitative estimate of drug-likeness (QED) is 0.558. The van der Waals surface area contributed by atoms with Crippen LogP contribution >= 0.6 is 0 Å². The molecule has 0 amide bonds. The Morgan fingerprint density at radius 2 is 1.00 bits per heavy atom. The zero-order valence-electron chi connectivity index (χ0n) is 17.3. The minimum atomic E-state index is 0.751. The van der Waals surface area contributed by atoms with Gasteiger partial charge in [0.15, 0.2) is 0 Å². The lowest BCUT2D eigenvalue weighted by molar-refractivity contribution is 0.205. The average molecular weight is 371 g/mol.